The lowest BCUT2D eigenvalue weighted by Crippen LogP contribution is -2.03. The normalized spacial score (nSPS) is 7.31. The van der Waals surface area contributed by atoms with Crippen molar-refractivity contribution in [2.45, 2.75) is 27.2 Å². The predicted molar refractivity (Wildman–Crippen MR) is 52.4 cm³/mol. The molecule has 0 fully saturated rings. The SMILES string of the molecule is CC(=O)OC(C)=O.CCC(=O)O.O=[P+](O)O. The summed E-state index contributed by atoms with van der Waals surface area (Å²) >= 11 is 0. The lowest BCUT2D eigenvalue weighted by atomic mass is 10.5. The average molecular weight is 257 g/mol. The quantitative estimate of drug-likeness (QED) is 0.344. The van der Waals surface area contributed by atoms with Crippen LogP contribution < -0.4 is 0 Å². The Balaban J connectivity index is -0.000000166. The molecule has 9 heteroatoms. The number of esters is 2. The van der Waals surface area contributed by atoms with Crippen LogP contribution in [-0.4, -0.2) is 32.8 Å². The van der Waals surface area contributed by atoms with E-state index in [1.54, 1.807) is 6.92 Å². The zero-order valence-corrected chi connectivity index (χ0v) is 9.93. The van der Waals surface area contributed by atoms with E-state index in [1.165, 1.54) is 13.8 Å². The van der Waals surface area contributed by atoms with Crippen LogP contribution in [-0.2, 0) is 23.7 Å². The largest absolute Gasteiger partial charge is 0.692 e. The van der Waals surface area contributed by atoms with Crippen LogP contribution in [0.1, 0.15) is 27.2 Å². The molecule has 16 heavy (non-hydrogen) atoms. The van der Waals surface area contributed by atoms with Gasteiger partial charge in [-0.05, 0) is 0 Å². The number of carbonyl (C=O) groups excluding carboxylic acids is 2. The molecule has 0 spiro atoms. The Morgan fingerprint density at radius 3 is 1.31 bits per heavy atom. The molecular formula is C7H14O8P+. The van der Waals surface area contributed by atoms with Gasteiger partial charge in [0, 0.05) is 24.8 Å². The summed E-state index contributed by atoms with van der Waals surface area (Å²) in [5, 5.41) is 7.72. The molecule has 0 aromatic rings. The van der Waals surface area contributed by atoms with Gasteiger partial charge in [0.1, 0.15) is 0 Å². The van der Waals surface area contributed by atoms with E-state index < -0.39 is 26.2 Å². The van der Waals surface area contributed by atoms with E-state index in [4.69, 9.17) is 19.5 Å². The standard InChI is InChI=1S/C4H6O3.C3H6O2.HO3P/c1-3(5)7-4(2)6;1-2-3(4)5;1-4(2)3/h1-2H3;2H2,1H3,(H,4,5);(H-,1,2,3)/p+1. The highest BCUT2D eigenvalue weighted by Crippen LogP contribution is 1.98. The molecule has 0 aliphatic heterocycles. The predicted octanol–water partition coefficient (Wildman–Crippen LogP) is 0.205. The first-order chi connectivity index (χ1) is 7.13. The maximum Gasteiger partial charge on any atom is 0.692 e. The van der Waals surface area contributed by atoms with E-state index in [1.807, 2.05) is 0 Å². The van der Waals surface area contributed by atoms with Gasteiger partial charge in [0.15, 0.2) is 0 Å². The molecular weight excluding hydrogens is 243 g/mol. The first-order valence-electron chi connectivity index (χ1n) is 3.89. The first-order valence-corrected chi connectivity index (χ1v) is 5.05. The van der Waals surface area contributed by atoms with Crippen molar-refractivity contribution in [3.8, 4) is 0 Å². The van der Waals surface area contributed by atoms with Gasteiger partial charge >= 0.3 is 26.2 Å². The van der Waals surface area contributed by atoms with Gasteiger partial charge in [-0.2, -0.15) is 0 Å². The van der Waals surface area contributed by atoms with Crippen molar-refractivity contribution in [2.75, 3.05) is 0 Å². The van der Waals surface area contributed by atoms with Gasteiger partial charge < -0.3 is 9.84 Å². The van der Waals surface area contributed by atoms with E-state index >= 15 is 0 Å². The molecule has 0 amide bonds. The maximum atomic E-state index is 9.81. The number of carboxylic acids is 1. The van der Waals surface area contributed by atoms with Crippen molar-refractivity contribution in [2.24, 2.45) is 0 Å². The Hall–Kier alpha value is -1.37. The number of rotatable bonds is 1. The van der Waals surface area contributed by atoms with Crippen molar-refractivity contribution >= 4 is 26.2 Å². The summed E-state index contributed by atoms with van der Waals surface area (Å²) in [6.07, 6.45) is 0.222. The molecule has 0 aromatic heterocycles. The molecule has 0 saturated carbocycles. The summed E-state index contributed by atoms with van der Waals surface area (Å²) in [5.74, 6) is -1.87. The lowest BCUT2D eigenvalue weighted by Gasteiger charge is -1.87. The van der Waals surface area contributed by atoms with Crippen LogP contribution in [0.5, 0.6) is 0 Å². The van der Waals surface area contributed by atoms with E-state index in [0.29, 0.717) is 0 Å². The third kappa shape index (κ3) is 79.7. The Morgan fingerprint density at radius 1 is 1.12 bits per heavy atom. The van der Waals surface area contributed by atoms with Crippen molar-refractivity contribution < 1.29 is 38.6 Å². The monoisotopic (exact) mass is 257 g/mol. The molecule has 0 aliphatic carbocycles. The second kappa shape index (κ2) is 13.6. The first kappa shape index (κ1) is 20.1. The highest BCUT2D eigenvalue weighted by Gasteiger charge is 1.93. The van der Waals surface area contributed by atoms with Gasteiger partial charge in [-0.1, -0.05) is 6.92 Å². The fourth-order valence-corrected chi connectivity index (χ4v) is 0.202. The number of hydrogen-bond acceptors (Lipinski definition) is 5. The van der Waals surface area contributed by atoms with E-state index in [9.17, 15) is 14.4 Å². The Kier molecular flexibility index (Phi) is 17.1. The fraction of sp³-hybridized carbons (Fsp3) is 0.571. The second-order valence-electron chi connectivity index (χ2n) is 2.09. The Labute approximate surface area is 92.8 Å². The van der Waals surface area contributed by atoms with Crippen LogP contribution in [0.3, 0.4) is 0 Å². The van der Waals surface area contributed by atoms with Gasteiger partial charge in [-0.3, -0.25) is 14.4 Å². The molecule has 3 N–H and O–H groups in total. The van der Waals surface area contributed by atoms with Crippen molar-refractivity contribution in [1.82, 2.24) is 0 Å². The number of ether oxygens (including phenoxy) is 1. The number of carboxylic acid groups (broad SMARTS) is 1. The molecule has 94 valence electrons. The molecule has 0 aliphatic rings. The third-order valence-electron chi connectivity index (χ3n) is 0.590. The van der Waals surface area contributed by atoms with Crippen LogP contribution in [0.15, 0.2) is 0 Å². The summed E-state index contributed by atoms with van der Waals surface area (Å²) in [7, 11) is -2.87. The second-order valence-corrected chi connectivity index (χ2v) is 2.59. The van der Waals surface area contributed by atoms with Gasteiger partial charge in [0.25, 0.3) is 0 Å². The molecule has 0 saturated heterocycles. The Bertz CT molecular complexity index is 233. The smallest absolute Gasteiger partial charge is 0.481 e. The Morgan fingerprint density at radius 2 is 1.31 bits per heavy atom. The van der Waals surface area contributed by atoms with Crippen LogP contribution in [0.2, 0.25) is 0 Å². The molecule has 0 atom stereocenters. The molecule has 0 unspecified atom stereocenters. The summed E-state index contributed by atoms with van der Waals surface area (Å²) in [5.41, 5.74) is 0. The van der Waals surface area contributed by atoms with Gasteiger partial charge in [-0.25, -0.2) is 0 Å². The highest BCUT2D eigenvalue weighted by atomic mass is 31.1. The minimum absolute atomic E-state index is 0.222. The summed E-state index contributed by atoms with van der Waals surface area (Å²) in [4.78, 5) is 43.2. The third-order valence-corrected chi connectivity index (χ3v) is 0.590. The molecule has 0 radical (unpaired) electrons. The lowest BCUT2D eigenvalue weighted by molar-refractivity contribution is -0.156. The van der Waals surface area contributed by atoms with Gasteiger partial charge in [0.05, 0.1) is 0 Å². The minimum atomic E-state index is -2.87. The summed E-state index contributed by atoms with van der Waals surface area (Å²) in [6, 6.07) is 0. The summed E-state index contributed by atoms with van der Waals surface area (Å²) in [6.45, 7) is 3.96. The number of aliphatic carboxylic acids is 1. The maximum absolute atomic E-state index is 9.81. The van der Waals surface area contributed by atoms with Gasteiger partial charge in [0.2, 0.25) is 0 Å². The van der Waals surface area contributed by atoms with Crippen molar-refractivity contribution in [3.63, 3.8) is 0 Å². The zero-order valence-electron chi connectivity index (χ0n) is 9.04. The van der Waals surface area contributed by atoms with Crippen LogP contribution in [0, 0.1) is 0 Å². The number of carbonyl (C=O) groups is 3. The van der Waals surface area contributed by atoms with E-state index in [-0.39, 0.29) is 6.42 Å². The van der Waals surface area contributed by atoms with Crippen LogP contribution in [0.4, 0.5) is 0 Å². The van der Waals surface area contributed by atoms with Gasteiger partial charge in [-0.15, -0.1) is 9.79 Å². The zero-order chi connectivity index (χ0) is 13.7. The molecule has 0 bridgehead atoms. The fourth-order valence-electron chi connectivity index (χ4n) is 0.202. The molecule has 0 aromatic carbocycles. The number of hydrogen-bond donors (Lipinski definition) is 3. The highest BCUT2D eigenvalue weighted by molar-refractivity contribution is 7.30. The molecule has 0 heterocycles. The minimum Gasteiger partial charge on any atom is -0.481 e. The van der Waals surface area contributed by atoms with Crippen molar-refractivity contribution in [3.05, 3.63) is 0 Å². The van der Waals surface area contributed by atoms with Crippen LogP contribution >= 0.6 is 8.25 Å². The van der Waals surface area contributed by atoms with E-state index in [2.05, 4.69) is 4.74 Å². The summed E-state index contributed by atoms with van der Waals surface area (Å²) < 4.78 is 12.7. The molecule has 8 nitrogen and oxygen atoms in total. The molecule has 0 rings (SSSR count). The average Bonchev–Trinajstić information content (AvgIpc) is 2.01. The van der Waals surface area contributed by atoms with E-state index in [0.717, 1.165) is 0 Å². The topological polar surface area (TPSA) is 138 Å². The van der Waals surface area contributed by atoms with Crippen molar-refractivity contribution in [1.29, 1.82) is 0 Å². The van der Waals surface area contributed by atoms with Crippen LogP contribution in [0.25, 0.3) is 0 Å².